The maximum Gasteiger partial charge on any atom is 0.246 e. The van der Waals surface area contributed by atoms with Gasteiger partial charge in [-0.25, -0.2) is 4.98 Å². The van der Waals surface area contributed by atoms with Gasteiger partial charge in [-0.15, -0.1) is 22.7 Å². The van der Waals surface area contributed by atoms with Gasteiger partial charge in [0, 0.05) is 73.3 Å². The molecule has 70 heavy (non-hydrogen) atoms. The number of rotatable bonds is 19. The molecule has 14 nitrogen and oxygen atoms in total. The fraction of sp³-hybridized carbons (Fsp3) is 0.396. The molecule has 0 saturated carbocycles. The van der Waals surface area contributed by atoms with Crippen molar-refractivity contribution in [1.82, 2.24) is 30.3 Å². The Balaban J connectivity index is 0.736. The molecule has 3 amide bonds. The zero-order valence-corrected chi connectivity index (χ0v) is 43.5. The van der Waals surface area contributed by atoms with E-state index in [0.29, 0.717) is 19.8 Å². The number of piperazine rings is 1. The SMILES string of the molecule is COc1ccc2c(Oc3ccc(OCCN4CCN(CCOCC(=O)NC(C(=O)N5C[C@H](O)C[C@H]5C(=O)NCc5ccc(-c6scnc6C)cc5)C(C)(C)C)CC4)cc3)c(-c3ccc(Br)cc3)sc2c1. The Morgan fingerprint density at radius 1 is 0.857 bits per heavy atom. The van der Waals surface area contributed by atoms with Crippen LogP contribution in [-0.4, -0.2) is 133 Å². The van der Waals surface area contributed by atoms with Crippen molar-refractivity contribution in [3.8, 4) is 43.9 Å². The Morgan fingerprint density at radius 2 is 1.50 bits per heavy atom. The minimum atomic E-state index is -0.933. The number of carbonyl (C=O) groups excluding carboxylic acids is 3. The summed E-state index contributed by atoms with van der Waals surface area (Å²) < 4.78 is 26.1. The molecule has 370 valence electrons. The van der Waals surface area contributed by atoms with E-state index in [9.17, 15) is 19.5 Å². The summed E-state index contributed by atoms with van der Waals surface area (Å²) in [6.07, 6.45) is -0.741. The molecule has 0 bridgehead atoms. The number of hydrogen-bond acceptors (Lipinski definition) is 13. The van der Waals surface area contributed by atoms with E-state index in [1.54, 1.807) is 29.8 Å². The van der Waals surface area contributed by atoms with Gasteiger partial charge in [-0.1, -0.05) is 73.1 Å². The van der Waals surface area contributed by atoms with Gasteiger partial charge >= 0.3 is 0 Å². The third-order valence-electron chi connectivity index (χ3n) is 12.6. The van der Waals surface area contributed by atoms with Crippen LogP contribution in [0.25, 0.3) is 31.0 Å². The summed E-state index contributed by atoms with van der Waals surface area (Å²) in [5.41, 5.74) is 5.16. The molecule has 2 aliphatic heterocycles. The van der Waals surface area contributed by atoms with Crippen LogP contribution in [0.4, 0.5) is 0 Å². The van der Waals surface area contributed by atoms with Gasteiger partial charge in [-0.3, -0.25) is 24.2 Å². The van der Waals surface area contributed by atoms with Crippen molar-refractivity contribution in [1.29, 1.82) is 0 Å². The van der Waals surface area contributed by atoms with Crippen molar-refractivity contribution in [2.75, 3.05) is 72.7 Å². The first kappa shape index (κ1) is 51.0. The van der Waals surface area contributed by atoms with Crippen molar-refractivity contribution in [3.05, 3.63) is 112 Å². The minimum absolute atomic E-state index is 0.00438. The first-order valence-corrected chi connectivity index (χ1v) is 26.1. The topological polar surface area (TPSA) is 155 Å². The standard InChI is InChI=1S/C53H61BrN6O8S2/c1-34-48(69-33-56-34)36-8-6-35(7-9-36)30-55-51(63)44-28-39(61)31-60(44)52(64)50(53(2,3)4)57-46(62)32-66-26-24-58-20-22-59(23-21-58)25-27-67-40-14-16-41(17-15-40)68-47-43-19-18-42(65-5)29-45(43)70-49(47)37-10-12-38(54)13-11-37/h6-19,29,33,39,44,50,61H,20-28,30-32H2,1-5H3,(H,55,63)(H,57,62)/t39-,44+,50?/m1/s1. The summed E-state index contributed by atoms with van der Waals surface area (Å²) in [5.74, 6) is 1.93. The van der Waals surface area contributed by atoms with Crippen molar-refractivity contribution < 1.29 is 38.4 Å². The highest BCUT2D eigenvalue weighted by Gasteiger charge is 2.44. The fourth-order valence-electron chi connectivity index (χ4n) is 8.67. The first-order chi connectivity index (χ1) is 33.7. The summed E-state index contributed by atoms with van der Waals surface area (Å²) in [4.78, 5) is 53.3. The number of nitrogens with one attached hydrogen (secondary N) is 2. The number of ether oxygens (including phenoxy) is 4. The van der Waals surface area contributed by atoms with Crippen LogP contribution in [-0.2, 0) is 25.7 Å². The number of benzene rings is 4. The zero-order valence-electron chi connectivity index (χ0n) is 40.2. The summed E-state index contributed by atoms with van der Waals surface area (Å²) in [5, 5.41) is 17.5. The normalized spacial score (nSPS) is 17.1. The molecule has 1 unspecified atom stereocenters. The number of aryl methyl sites for hydroxylation is 1. The predicted octanol–water partition coefficient (Wildman–Crippen LogP) is 8.39. The van der Waals surface area contributed by atoms with Crippen LogP contribution in [0.2, 0.25) is 0 Å². The number of aliphatic hydroxyl groups is 1. The second kappa shape index (κ2) is 23.2. The van der Waals surface area contributed by atoms with Crippen molar-refractivity contribution in [2.45, 2.75) is 58.8 Å². The number of amides is 3. The highest BCUT2D eigenvalue weighted by molar-refractivity contribution is 9.10. The number of β-amino-alcohol motifs (C(OH)–C–C–N with tert-alkyl or cyclic N) is 1. The van der Waals surface area contributed by atoms with Crippen LogP contribution in [0.1, 0.15) is 38.4 Å². The monoisotopic (exact) mass is 1050 g/mol. The van der Waals surface area contributed by atoms with Crippen molar-refractivity contribution in [2.24, 2.45) is 5.41 Å². The smallest absolute Gasteiger partial charge is 0.246 e. The highest BCUT2D eigenvalue weighted by atomic mass is 79.9. The third kappa shape index (κ3) is 12.9. The first-order valence-electron chi connectivity index (χ1n) is 23.6. The number of likely N-dealkylation sites (tertiary alicyclic amines) is 1. The molecule has 0 aliphatic carbocycles. The molecule has 6 aromatic rings. The average Bonchev–Trinajstić information content (AvgIpc) is 4.08. The van der Waals surface area contributed by atoms with E-state index in [4.69, 9.17) is 18.9 Å². The zero-order chi connectivity index (χ0) is 49.4. The molecule has 2 saturated heterocycles. The number of aromatic nitrogens is 1. The van der Waals surface area contributed by atoms with Gasteiger partial charge in [0.15, 0.2) is 5.75 Å². The lowest BCUT2D eigenvalue weighted by molar-refractivity contribution is -0.144. The predicted molar refractivity (Wildman–Crippen MR) is 279 cm³/mol. The second-order valence-corrected chi connectivity index (χ2v) is 21.6. The van der Waals surface area contributed by atoms with E-state index in [0.717, 1.165) is 102 Å². The number of nitrogens with zero attached hydrogens (tertiary/aromatic N) is 4. The second-order valence-electron chi connectivity index (χ2n) is 18.7. The Hall–Kier alpha value is -5.40. The molecule has 8 rings (SSSR count). The lowest BCUT2D eigenvalue weighted by Crippen LogP contribution is -2.58. The van der Waals surface area contributed by atoms with E-state index in [1.165, 1.54) is 4.90 Å². The molecular formula is C53H61BrN6O8S2. The van der Waals surface area contributed by atoms with Crippen LogP contribution >= 0.6 is 38.6 Å². The quantitative estimate of drug-likeness (QED) is 0.0671. The number of thiophene rings is 1. The van der Waals surface area contributed by atoms with Crippen molar-refractivity contribution >= 4 is 66.4 Å². The minimum Gasteiger partial charge on any atom is -0.497 e. The van der Waals surface area contributed by atoms with Gasteiger partial charge in [-0.2, -0.15) is 0 Å². The number of methoxy groups -OCH3 is 1. The Morgan fingerprint density at radius 3 is 2.16 bits per heavy atom. The number of carbonyl (C=O) groups is 3. The number of fused-ring (bicyclic) bond motifs is 1. The molecule has 17 heteroatoms. The summed E-state index contributed by atoms with van der Waals surface area (Å²) in [6.45, 7) is 13.5. The van der Waals surface area contributed by atoms with Crippen LogP contribution in [0.5, 0.6) is 23.0 Å². The summed E-state index contributed by atoms with van der Waals surface area (Å²) >= 11 is 6.80. The van der Waals surface area contributed by atoms with Crippen LogP contribution in [0.15, 0.2) is 101 Å². The van der Waals surface area contributed by atoms with Crippen LogP contribution in [0, 0.1) is 12.3 Å². The fourth-order valence-corrected chi connectivity index (χ4v) is 10.9. The molecule has 0 radical (unpaired) electrons. The molecular weight excluding hydrogens is 993 g/mol. The Bertz CT molecular complexity index is 2720. The number of hydrogen-bond donors (Lipinski definition) is 3. The number of aliphatic hydroxyl groups excluding tert-OH is 1. The molecule has 3 atom stereocenters. The maximum absolute atomic E-state index is 14.1. The summed E-state index contributed by atoms with van der Waals surface area (Å²) in [6, 6.07) is 28.2. The van der Waals surface area contributed by atoms with Gasteiger partial charge in [0.25, 0.3) is 0 Å². The van der Waals surface area contributed by atoms with Crippen LogP contribution in [0.3, 0.4) is 0 Å². The van der Waals surface area contributed by atoms with Gasteiger partial charge in [0.05, 0.1) is 40.8 Å². The van der Waals surface area contributed by atoms with Crippen LogP contribution < -0.4 is 24.8 Å². The summed E-state index contributed by atoms with van der Waals surface area (Å²) in [7, 11) is 1.67. The molecule has 0 spiro atoms. The lowest BCUT2D eigenvalue weighted by atomic mass is 9.85. The number of thiazole rings is 1. The number of halogens is 1. The molecule has 2 aliphatic rings. The van der Waals surface area contributed by atoms with Gasteiger partial charge in [0.1, 0.15) is 42.5 Å². The molecule has 3 N–H and O–H groups in total. The van der Waals surface area contributed by atoms with Gasteiger partial charge < -0.3 is 39.6 Å². The van der Waals surface area contributed by atoms with Gasteiger partial charge in [-0.05, 0) is 83.6 Å². The largest absolute Gasteiger partial charge is 0.497 e. The van der Waals surface area contributed by atoms with Crippen molar-refractivity contribution in [3.63, 3.8) is 0 Å². The molecule has 4 aromatic carbocycles. The lowest BCUT2D eigenvalue weighted by Gasteiger charge is -2.35. The third-order valence-corrected chi connectivity index (χ3v) is 15.3. The van der Waals surface area contributed by atoms with E-state index >= 15 is 0 Å². The average molecular weight is 1050 g/mol. The van der Waals surface area contributed by atoms with E-state index in [1.807, 2.05) is 112 Å². The van der Waals surface area contributed by atoms with E-state index in [-0.39, 0.29) is 32.0 Å². The maximum atomic E-state index is 14.1. The van der Waals surface area contributed by atoms with E-state index < -0.39 is 35.4 Å². The Kier molecular flexibility index (Phi) is 16.9. The van der Waals surface area contributed by atoms with Gasteiger partial charge in [0.2, 0.25) is 17.7 Å². The van der Waals surface area contributed by atoms with E-state index in [2.05, 4.69) is 53.5 Å². The molecule has 2 aromatic heterocycles. The highest BCUT2D eigenvalue weighted by Crippen LogP contribution is 2.47. The Labute approximate surface area is 426 Å². The molecule has 4 heterocycles. The molecule has 2 fully saturated rings.